The van der Waals surface area contributed by atoms with Crippen molar-refractivity contribution >= 4 is 15.9 Å². The van der Waals surface area contributed by atoms with Gasteiger partial charge in [0.2, 0.25) is 15.9 Å². The maximum Gasteiger partial charge on any atom is 0.238 e. The van der Waals surface area contributed by atoms with Gasteiger partial charge in [-0.15, -0.1) is 0 Å². The number of carbonyl (C=O) groups is 1. The molecule has 3 N–H and O–H groups in total. The Hall–Kier alpha value is -2.25. The van der Waals surface area contributed by atoms with Crippen LogP contribution in [0.1, 0.15) is 36.4 Å². The Morgan fingerprint density at radius 1 is 1.16 bits per heavy atom. The zero-order valence-corrected chi connectivity index (χ0v) is 14.5. The summed E-state index contributed by atoms with van der Waals surface area (Å²) in [6, 6.07) is 12.1. The molecule has 3 unspecified atom stereocenters. The summed E-state index contributed by atoms with van der Waals surface area (Å²) in [5.74, 6) is -0.339. The fourth-order valence-electron chi connectivity index (χ4n) is 2.91. The third-order valence-corrected chi connectivity index (χ3v) is 5.42. The van der Waals surface area contributed by atoms with Gasteiger partial charge in [0.25, 0.3) is 0 Å². The van der Waals surface area contributed by atoms with E-state index < -0.39 is 10.0 Å². The van der Waals surface area contributed by atoms with Crippen LogP contribution in [0, 0.1) is 11.7 Å². The van der Waals surface area contributed by atoms with Gasteiger partial charge in [-0.3, -0.25) is 4.79 Å². The predicted molar refractivity (Wildman–Crippen MR) is 91.6 cm³/mol. The average molecular weight is 362 g/mol. The number of nitrogens with two attached hydrogens (primary N) is 1. The highest BCUT2D eigenvalue weighted by Crippen LogP contribution is 2.47. The minimum atomic E-state index is -3.73. The van der Waals surface area contributed by atoms with Crippen molar-refractivity contribution in [3.05, 3.63) is 65.5 Å². The molecule has 132 valence electrons. The molecular weight excluding hydrogens is 343 g/mol. The van der Waals surface area contributed by atoms with Crippen molar-refractivity contribution in [3.63, 3.8) is 0 Å². The van der Waals surface area contributed by atoms with Crippen LogP contribution in [0.3, 0.4) is 0 Å². The van der Waals surface area contributed by atoms with Gasteiger partial charge in [0.05, 0.1) is 10.9 Å². The molecule has 1 fully saturated rings. The fourth-order valence-corrected chi connectivity index (χ4v) is 3.43. The molecule has 2 aromatic rings. The first-order valence-electron chi connectivity index (χ1n) is 7.94. The maximum absolute atomic E-state index is 13.0. The molecule has 1 amide bonds. The molecule has 2 aromatic carbocycles. The first-order chi connectivity index (χ1) is 11.8. The van der Waals surface area contributed by atoms with E-state index in [9.17, 15) is 17.6 Å². The number of primary sulfonamides is 1. The Bertz CT molecular complexity index is 880. The molecule has 0 heterocycles. The first-order valence-corrected chi connectivity index (χ1v) is 9.49. The molecule has 0 aliphatic heterocycles. The second kappa shape index (κ2) is 6.57. The second-order valence-corrected chi connectivity index (χ2v) is 7.91. The Balaban J connectivity index is 1.61. The van der Waals surface area contributed by atoms with Crippen LogP contribution >= 0.6 is 0 Å². The zero-order chi connectivity index (χ0) is 18.2. The van der Waals surface area contributed by atoms with E-state index in [1.165, 1.54) is 24.3 Å². The Morgan fingerprint density at radius 3 is 2.32 bits per heavy atom. The van der Waals surface area contributed by atoms with Gasteiger partial charge in [0.15, 0.2) is 0 Å². The largest absolute Gasteiger partial charge is 0.349 e. The maximum atomic E-state index is 13.0. The highest BCUT2D eigenvalue weighted by Gasteiger charge is 2.44. The number of hydrogen-bond donors (Lipinski definition) is 2. The monoisotopic (exact) mass is 362 g/mol. The predicted octanol–water partition coefficient (Wildman–Crippen LogP) is 2.45. The van der Waals surface area contributed by atoms with Crippen LogP contribution in [0.15, 0.2) is 53.4 Å². The summed E-state index contributed by atoms with van der Waals surface area (Å²) < 4.78 is 35.5. The minimum Gasteiger partial charge on any atom is -0.349 e. The summed E-state index contributed by atoms with van der Waals surface area (Å²) in [5.41, 5.74) is 1.76. The number of sulfonamides is 1. The molecule has 0 spiro atoms. The molecule has 3 atom stereocenters. The van der Waals surface area contributed by atoms with Crippen molar-refractivity contribution in [3.8, 4) is 0 Å². The minimum absolute atomic E-state index is 0.0355. The molecule has 0 radical (unpaired) electrons. The Labute approximate surface area is 146 Å². The lowest BCUT2D eigenvalue weighted by Crippen LogP contribution is -2.28. The number of amides is 1. The SMILES string of the molecule is CC(NC(=O)C1CC1c1ccc(F)cc1)c1ccc(S(N)(=O)=O)cc1. The van der Waals surface area contributed by atoms with Gasteiger partial charge in [-0.2, -0.15) is 0 Å². The molecule has 5 nitrogen and oxygen atoms in total. The Kier molecular flexibility index (Phi) is 4.62. The van der Waals surface area contributed by atoms with Gasteiger partial charge in [-0.05, 0) is 54.7 Å². The number of benzene rings is 2. The summed E-state index contributed by atoms with van der Waals surface area (Å²) in [4.78, 5) is 12.4. The van der Waals surface area contributed by atoms with E-state index in [4.69, 9.17) is 5.14 Å². The molecule has 0 aromatic heterocycles. The zero-order valence-electron chi connectivity index (χ0n) is 13.6. The molecule has 0 saturated heterocycles. The van der Waals surface area contributed by atoms with Gasteiger partial charge in [-0.1, -0.05) is 24.3 Å². The molecule has 0 bridgehead atoms. The second-order valence-electron chi connectivity index (χ2n) is 6.34. The van der Waals surface area contributed by atoms with Crippen LogP contribution in [0.5, 0.6) is 0 Å². The van der Waals surface area contributed by atoms with E-state index in [2.05, 4.69) is 5.32 Å². The van der Waals surface area contributed by atoms with Crippen LogP contribution in [0.2, 0.25) is 0 Å². The summed E-state index contributed by atoms with van der Waals surface area (Å²) in [5, 5.41) is 8.00. The number of halogens is 1. The fraction of sp³-hybridized carbons (Fsp3) is 0.278. The molecule has 3 rings (SSSR count). The van der Waals surface area contributed by atoms with Crippen molar-refractivity contribution in [1.82, 2.24) is 5.32 Å². The molecule has 7 heteroatoms. The van der Waals surface area contributed by atoms with Crippen LogP contribution in [0.4, 0.5) is 4.39 Å². The van der Waals surface area contributed by atoms with Crippen molar-refractivity contribution < 1.29 is 17.6 Å². The molecule has 1 aliphatic carbocycles. The van der Waals surface area contributed by atoms with E-state index in [1.54, 1.807) is 24.3 Å². The van der Waals surface area contributed by atoms with Gasteiger partial charge in [-0.25, -0.2) is 17.9 Å². The normalized spacial score (nSPS) is 20.8. The summed E-state index contributed by atoms with van der Waals surface area (Å²) >= 11 is 0. The van der Waals surface area contributed by atoms with E-state index >= 15 is 0 Å². The van der Waals surface area contributed by atoms with Gasteiger partial charge in [0.1, 0.15) is 5.82 Å². The number of rotatable bonds is 5. The van der Waals surface area contributed by atoms with Gasteiger partial charge >= 0.3 is 0 Å². The molecule has 1 saturated carbocycles. The van der Waals surface area contributed by atoms with E-state index in [0.717, 1.165) is 17.5 Å². The smallest absolute Gasteiger partial charge is 0.238 e. The van der Waals surface area contributed by atoms with Crippen molar-refractivity contribution in [1.29, 1.82) is 0 Å². The molecule has 1 aliphatic rings. The number of hydrogen-bond acceptors (Lipinski definition) is 3. The summed E-state index contributed by atoms with van der Waals surface area (Å²) in [6.07, 6.45) is 0.745. The van der Waals surface area contributed by atoms with E-state index in [0.29, 0.717) is 0 Å². The summed E-state index contributed by atoms with van der Waals surface area (Å²) in [7, 11) is -3.73. The number of carbonyl (C=O) groups excluding carboxylic acids is 1. The van der Waals surface area contributed by atoms with Crippen LogP contribution < -0.4 is 10.5 Å². The standard InChI is InChI=1S/C18H19FN2O3S/c1-11(12-4-8-15(9-5-12)25(20,23)24)21-18(22)17-10-16(17)13-2-6-14(19)7-3-13/h2-9,11,16-17H,10H2,1H3,(H,21,22)(H2,20,23,24). The van der Waals surface area contributed by atoms with Gasteiger partial charge in [0, 0.05) is 5.92 Å². The van der Waals surface area contributed by atoms with Crippen LogP contribution in [0.25, 0.3) is 0 Å². The van der Waals surface area contributed by atoms with Crippen molar-refractivity contribution in [2.75, 3.05) is 0 Å². The average Bonchev–Trinajstić information content (AvgIpc) is 3.35. The lowest BCUT2D eigenvalue weighted by Gasteiger charge is -2.15. The lowest BCUT2D eigenvalue weighted by atomic mass is 10.1. The lowest BCUT2D eigenvalue weighted by molar-refractivity contribution is -0.123. The first kappa shape index (κ1) is 17.6. The third-order valence-electron chi connectivity index (χ3n) is 4.49. The van der Waals surface area contributed by atoms with E-state index in [-0.39, 0.29) is 34.5 Å². The van der Waals surface area contributed by atoms with E-state index in [1.807, 2.05) is 6.92 Å². The van der Waals surface area contributed by atoms with Crippen LogP contribution in [-0.4, -0.2) is 14.3 Å². The van der Waals surface area contributed by atoms with Gasteiger partial charge < -0.3 is 5.32 Å². The topological polar surface area (TPSA) is 89.3 Å². The third kappa shape index (κ3) is 4.05. The molecule has 25 heavy (non-hydrogen) atoms. The van der Waals surface area contributed by atoms with Crippen molar-refractivity contribution in [2.24, 2.45) is 11.1 Å². The summed E-state index contributed by atoms with van der Waals surface area (Å²) in [6.45, 7) is 1.83. The van der Waals surface area contributed by atoms with Crippen molar-refractivity contribution in [2.45, 2.75) is 30.2 Å². The Morgan fingerprint density at radius 2 is 1.76 bits per heavy atom. The number of nitrogens with one attached hydrogen (secondary N) is 1. The quantitative estimate of drug-likeness (QED) is 0.856. The highest BCUT2D eigenvalue weighted by atomic mass is 32.2. The molecular formula is C18H19FN2O3S. The highest BCUT2D eigenvalue weighted by molar-refractivity contribution is 7.89. The van der Waals surface area contributed by atoms with Crippen LogP contribution in [-0.2, 0) is 14.8 Å².